The molecule has 1 fully saturated rings. The Morgan fingerprint density at radius 3 is 2.82 bits per heavy atom. The van der Waals surface area contributed by atoms with Crippen LogP contribution >= 0.6 is 0 Å². The first-order chi connectivity index (χ1) is 8.06. The highest BCUT2D eigenvalue weighted by Crippen LogP contribution is 2.30. The Morgan fingerprint density at radius 2 is 2.12 bits per heavy atom. The van der Waals surface area contributed by atoms with Crippen LogP contribution in [0.25, 0.3) is 0 Å². The zero-order valence-corrected chi connectivity index (χ0v) is 10.5. The molecule has 3 heteroatoms. The van der Waals surface area contributed by atoms with Crippen LogP contribution in [0, 0.1) is 18.7 Å². The molecule has 0 amide bonds. The molecule has 1 aromatic carbocycles. The fourth-order valence-electron chi connectivity index (χ4n) is 2.43. The lowest BCUT2D eigenvalue weighted by Gasteiger charge is -2.27. The third kappa shape index (κ3) is 2.90. The first kappa shape index (κ1) is 12.2. The molecule has 17 heavy (non-hydrogen) atoms. The molecule has 1 saturated carbocycles. The summed E-state index contributed by atoms with van der Waals surface area (Å²) in [5.74, 6) is 0.661. The number of nitrogens with two attached hydrogens (primary N) is 1. The number of hydrogen-bond acceptors (Lipinski definition) is 2. The van der Waals surface area contributed by atoms with E-state index in [1.54, 1.807) is 6.07 Å². The van der Waals surface area contributed by atoms with Crippen LogP contribution in [0.4, 0.5) is 10.1 Å². The Hall–Kier alpha value is -1.25. The predicted molar refractivity (Wildman–Crippen MR) is 67.6 cm³/mol. The number of nitrogen functional groups attached to an aromatic ring is 1. The third-order valence-corrected chi connectivity index (χ3v) is 3.50. The van der Waals surface area contributed by atoms with Gasteiger partial charge in [0.2, 0.25) is 0 Å². The molecule has 0 heterocycles. The number of halogens is 1. The van der Waals surface area contributed by atoms with Crippen molar-refractivity contribution < 1.29 is 9.13 Å². The summed E-state index contributed by atoms with van der Waals surface area (Å²) in [5.41, 5.74) is 6.99. The highest BCUT2D eigenvalue weighted by atomic mass is 19.1. The van der Waals surface area contributed by atoms with Crippen molar-refractivity contribution in [2.24, 2.45) is 5.92 Å². The molecule has 2 N–H and O–H groups in total. The molecule has 2 atom stereocenters. The van der Waals surface area contributed by atoms with Gasteiger partial charge in [-0.1, -0.05) is 13.3 Å². The first-order valence-electron chi connectivity index (χ1n) is 6.28. The molecule has 0 bridgehead atoms. The molecule has 0 aliphatic heterocycles. The van der Waals surface area contributed by atoms with E-state index in [-0.39, 0.29) is 11.9 Å². The van der Waals surface area contributed by atoms with Crippen LogP contribution in [-0.4, -0.2) is 6.10 Å². The molecule has 1 aliphatic carbocycles. The average molecular weight is 237 g/mol. The van der Waals surface area contributed by atoms with Crippen LogP contribution in [0.15, 0.2) is 12.1 Å². The van der Waals surface area contributed by atoms with Crippen molar-refractivity contribution in [2.75, 3.05) is 5.73 Å². The molecule has 0 saturated heterocycles. The van der Waals surface area contributed by atoms with Crippen molar-refractivity contribution in [3.8, 4) is 5.75 Å². The monoisotopic (exact) mass is 237 g/mol. The lowest BCUT2D eigenvalue weighted by Crippen LogP contribution is -2.24. The van der Waals surface area contributed by atoms with Crippen LogP contribution in [0.5, 0.6) is 5.75 Å². The predicted octanol–water partition coefficient (Wildman–Crippen LogP) is 3.67. The summed E-state index contributed by atoms with van der Waals surface area (Å²) in [4.78, 5) is 0. The van der Waals surface area contributed by atoms with Crippen LogP contribution in [0.1, 0.15) is 38.2 Å². The highest BCUT2D eigenvalue weighted by Gasteiger charge is 2.21. The van der Waals surface area contributed by atoms with E-state index in [4.69, 9.17) is 10.5 Å². The normalized spacial score (nSPS) is 24.6. The van der Waals surface area contributed by atoms with E-state index < -0.39 is 0 Å². The summed E-state index contributed by atoms with van der Waals surface area (Å²) < 4.78 is 19.4. The Kier molecular flexibility index (Phi) is 3.55. The fraction of sp³-hybridized carbons (Fsp3) is 0.571. The van der Waals surface area contributed by atoms with Gasteiger partial charge in [0, 0.05) is 11.8 Å². The maximum Gasteiger partial charge on any atom is 0.167 e. The zero-order chi connectivity index (χ0) is 12.4. The summed E-state index contributed by atoms with van der Waals surface area (Å²) in [6, 6.07) is 3.04. The molecule has 1 aromatic rings. The minimum atomic E-state index is -0.355. The van der Waals surface area contributed by atoms with Gasteiger partial charge in [0.1, 0.15) is 0 Å². The topological polar surface area (TPSA) is 35.2 Å². The van der Waals surface area contributed by atoms with Gasteiger partial charge in [0.05, 0.1) is 6.10 Å². The standard InChI is InChI=1S/C14H20FNO/c1-9-4-3-5-11(6-9)17-14-7-10(2)13(16)8-12(14)15/h7-9,11H,3-6,16H2,1-2H3. The average Bonchev–Trinajstić information content (AvgIpc) is 2.26. The van der Waals surface area contributed by atoms with Crippen LogP contribution < -0.4 is 10.5 Å². The maximum atomic E-state index is 13.7. The molecule has 0 spiro atoms. The molecule has 2 rings (SSSR count). The van der Waals surface area contributed by atoms with E-state index in [2.05, 4.69) is 6.92 Å². The van der Waals surface area contributed by atoms with Gasteiger partial charge in [-0.3, -0.25) is 0 Å². The Morgan fingerprint density at radius 1 is 1.35 bits per heavy atom. The summed E-state index contributed by atoms with van der Waals surface area (Å²) in [7, 11) is 0. The Balaban J connectivity index is 2.10. The molecular formula is C14H20FNO. The van der Waals surface area contributed by atoms with E-state index in [9.17, 15) is 4.39 Å². The zero-order valence-electron chi connectivity index (χ0n) is 10.5. The van der Waals surface area contributed by atoms with Crippen molar-refractivity contribution >= 4 is 5.69 Å². The number of hydrogen-bond donors (Lipinski definition) is 1. The lowest BCUT2D eigenvalue weighted by atomic mass is 9.89. The molecule has 94 valence electrons. The molecule has 2 unspecified atom stereocenters. The van der Waals surface area contributed by atoms with E-state index >= 15 is 0 Å². The van der Waals surface area contributed by atoms with Gasteiger partial charge in [-0.2, -0.15) is 0 Å². The van der Waals surface area contributed by atoms with Gasteiger partial charge in [0.25, 0.3) is 0 Å². The number of aryl methyl sites for hydroxylation is 1. The summed E-state index contributed by atoms with van der Waals surface area (Å²) in [6.07, 6.45) is 4.61. The Labute approximate surface area is 102 Å². The number of anilines is 1. The van der Waals surface area contributed by atoms with E-state index in [0.29, 0.717) is 17.4 Å². The van der Waals surface area contributed by atoms with Crippen LogP contribution in [-0.2, 0) is 0 Å². The summed E-state index contributed by atoms with van der Waals surface area (Å²) in [6.45, 7) is 4.09. The van der Waals surface area contributed by atoms with Crippen molar-refractivity contribution in [2.45, 2.75) is 45.6 Å². The highest BCUT2D eigenvalue weighted by molar-refractivity contribution is 5.50. The first-order valence-corrected chi connectivity index (χ1v) is 6.28. The van der Waals surface area contributed by atoms with Crippen LogP contribution in [0.3, 0.4) is 0 Å². The quantitative estimate of drug-likeness (QED) is 0.796. The van der Waals surface area contributed by atoms with Crippen LogP contribution in [0.2, 0.25) is 0 Å². The largest absolute Gasteiger partial charge is 0.487 e. The minimum Gasteiger partial charge on any atom is -0.487 e. The van der Waals surface area contributed by atoms with Gasteiger partial charge >= 0.3 is 0 Å². The number of ether oxygens (including phenoxy) is 1. The smallest absolute Gasteiger partial charge is 0.167 e. The van der Waals surface area contributed by atoms with Gasteiger partial charge in [-0.25, -0.2) is 4.39 Å². The van der Waals surface area contributed by atoms with Gasteiger partial charge in [0.15, 0.2) is 11.6 Å². The molecule has 0 radical (unpaired) electrons. The van der Waals surface area contributed by atoms with E-state index in [1.807, 2.05) is 6.92 Å². The van der Waals surface area contributed by atoms with Gasteiger partial charge < -0.3 is 10.5 Å². The number of rotatable bonds is 2. The van der Waals surface area contributed by atoms with E-state index in [0.717, 1.165) is 18.4 Å². The van der Waals surface area contributed by atoms with Crippen molar-refractivity contribution in [1.82, 2.24) is 0 Å². The fourth-order valence-corrected chi connectivity index (χ4v) is 2.43. The summed E-state index contributed by atoms with van der Waals surface area (Å²) >= 11 is 0. The summed E-state index contributed by atoms with van der Waals surface area (Å²) in [5, 5.41) is 0. The third-order valence-electron chi connectivity index (χ3n) is 3.50. The minimum absolute atomic E-state index is 0.149. The Bertz CT molecular complexity index is 405. The van der Waals surface area contributed by atoms with E-state index in [1.165, 1.54) is 18.9 Å². The maximum absolute atomic E-state index is 13.7. The van der Waals surface area contributed by atoms with Gasteiger partial charge in [-0.05, 0) is 43.7 Å². The second kappa shape index (κ2) is 4.94. The number of benzene rings is 1. The van der Waals surface area contributed by atoms with Crippen molar-refractivity contribution in [3.63, 3.8) is 0 Å². The second-order valence-electron chi connectivity index (χ2n) is 5.15. The molecule has 0 aromatic heterocycles. The van der Waals surface area contributed by atoms with Gasteiger partial charge in [-0.15, -0.1) is 0 Å². The second-order valence-corrected chi connectivity index (χ2v) is 5.15. The van der Waals surface area contributed by atoms with Crippen molar-refractivity contribution in [3.05, 3.63) is 23.5 Å². The lowest BCUT2D eigenvalue weighted by molar-refractivity contribution is 0.124. The SMILES string of the molecule is Cc1cc(OC2CCCC(C)C2)c(F)cc1N. The molecule has 1 aliphatic rings. The molecular weight excluding hydrogens is 217 g/mol. The van der Waals surface area contributed by atoms with Crippen molar-refractivity contribution in [1.29, 1.82) is 0 Å². The molecule has 2 nitrogen and oxygen atoms in total.